The Balaban J connectivity index is 1.36. The fourth-order valence-electron chi connectivity index (χ4n) is 6.41. The fraction of sp³-hybridized carbons (Fsp3) is 0.500. The molecule has 3 amide bonds. The van der Waals surface area contributed by atoms with Crippen molar-refractivity contribution in [3.63, 3.8) is 0 Å². The lowest BCUT2D eigenvalue weighted by Crippen LogP contribution is -2.58. The lowest BCUT2D eigenvalue weighted by atomic mass is 9.83. The summed E-state index contributed by atoms with van der Waals surface area (Å²) in [6.07, 6.45) is 6.27. The molecular weight excluding hydrogens is 543 g/mol. The first-order chi connectivity index (χ1) is 18.9. The van der Waals surface area contributed by atoms with Crippen LogP contribution in [0.4, 0.5) is 4.39 Å². The SMILES string of the molecule is CC1(C)COCN1C(=O)CN1C(=O)c2c3c(c(O)c(=O)n2C12CCC2)C(=O)N(CC1=CC=C(F)CC(Cl)=C1)CC3. The van der Waals surface area contributed by atoms with Crippen LogP contribution in [0.2, 0.25) is 0 Å². The van der Waals surface area contributed by atoms with Gasteiger partial charge in [0.15, 0.2) is 5.75 Å². The third-order valence-corrected chi connectivity index (χ3v) is 8.88. The maximum atomic E-state index is 13.9. The van der Waals surface area contributed by atoms with Crippen LogP contribution in [0.3, 0.4) is 0 Å². The Hall–Kier alpha value is -3.44. The topological polar surface area (TPSA) is 112 Å². The number of aromatic nitrogens is 1. The zero-order valence-corrected chi connectivity index (χ0v) is 23.1. The van der Waals surface area contributed by atoms with E-state index in [4.69, 9.17) is 16.3 Å². The molecular formula is C28H30ClFN4O6. The van der Waals surface area contributed by atoms with E-state index in [1.54, 1.807) is 11.0 Å². The van der Waals surface area contributed by atoms with Gasteiger partial charge >= 0.3 is 0 Å². The minimum absolute atomic E-state index is 0.0346. The van der Waals surface area contributed by atoms with Crippen LogP contribution in [-0.4, -0.2) is 80.6 Å². The van der Waals surface area contributed by atoms with Gasteiger partial charge in [-0.3, -0.25) is 23.7 Å². The van der Waals surface area contributed by atoms with E-state index in [9.17, 15) is 28.7 Å². The molecule has 10 nitrogen and oxygen atoms in total. The first kappa shape index (κ1) is 26.8. The van der Waals surface area contributed by atoms with E-state index in [1.165, 1.54) is 26.5 Å². The summed E-state index contributed by atoms with van der Waals surface area (Å²) in [5.41, 5.74) is -1.63. The van der Waals surface area contributed by atoms with Gasteiger partial charge in [-0.2, -0.15) is 0 Å². The van der Waals surface area contributed by atoms with Gasteiger partial charge in [-0.1, -0.05) is 17.7 Å². The van der Waals surface area contributed by atoms with E-state index < -0.39 is 40.2 Å². The molecule has 12 heteroatoms. The molecule has 1 N–H and O–H groups in total. The highest BCUT2D eigenvalue weighted by molar-refractivity contribution is 6.30. The Kier molecular flexibility index (Phi) is 6.23. The molecule has 0 atom stereocenters. The summed E-state index contributed by atoms with van der Waals surface area (Å²) >= 11 is 6.10. The van der Waals surface area contributed by atoms with Crippen molar-refractivity contribution in [2.45, 2.75) is 57.2 Å². The Bertz CT molecular complexity index is 1500. The Morgan fingerprint density at radius 3 is 2.58 bits per heavy atom. The number of nitrogens with zero attached hydrogens (tertiary/aromatic N) is 4. The highest BCUT2D eigenvalue weighted by atomic mass is 35.5. The van der Waals surface area contributed by atoms with Crippen molar-refractivity contribution in [3.8, 4) is 5.75 Å². The number of hydrogen-bond donors (Lipinski definition) is 1. The number of hydrogen-bond acceptors (Lipinski definition) is 6. The first-order valence-electron chi connectivity index (χ1n) is 13.4. The first-order valence-corrected chi connectivity index (χ1v) is 13.7. The monoisotopic (exact) mass is 572 g/mol. The minimum Gasteiger partial charge on any atom is -0.502 e. The van der Waals surface area contributed by atoms with E-state index in [0.29, 0.717) is 30.6 Å². The molecule has 1 saturated heterocycles. The summed E-state index contributed by atoms with van der Waals surface area (Å²) in [5, 5.41) is 11.3. The molecule has 3 aliphatic heterocycles. The van der Waals surface area contributed by atoms with Crippen LogP contribution in [0.5, 0.6) is 5.75 Å². The average molecular weight is 573 g/mol. The molecule has 212 valence electrons. The number of carbonyl (C=O) groups excluding carboxylic acids is 3. The average Bonchev–Trinajstić information content (AvgIpc) is 3.29. The second-order valence-electron chi connectivity index (χ2n) is 11.6. The number of aromatic hydroxyl groups is 1. The summed E-state index contributed by atoms with van der Waals surface area (Å²) in [7, 11) is 0. The van der Waals surface area contributed by atoms with Crippen LogP contribution in [-0.2, 0) is 21.6 Å². The summed E-state index contributed by atoms with van der Waals surface area (Å²) in [6.45, 7) is 4.32. The zero-order valence-electron chi connectivity index (χ0n) is 22.3. The smallest absolute Gasteiger partial charge is 0.296 e. The predicted octanol–water partition coefficient (Wildman–Crippen LogP) is 2.75. The number of carbonyl (C=O) groups is 3. The second-order valence-corrected chi connectivity index (χ2v) is 12.1. The quantitative estimate of drug-likeness (QED) is 0.594. The maximum absolute atomic E-state index is 13.9. The standard InChI is InChI=1S/C28H30ClFN4O6/c1-27(2)14-40-15-33(27)20(35)13-32-25(38)22-19-6-9-31(12-16-4-5-18(30)11-17(29)10-16)24(37)21(19)23(36)26(39)34(22)28(32)7-3-8-28/h4-5,10,36H,3,6-9,11-15H2,1-2H3. The van der Waals surface area contributed by atoms with Gasteiger partial charge in [0.1, 0.15) is 30.5 Å². The van der Waals surface area contributed by atoms with Gasteiger partial charge in [-0.15, -0.1) is 0 Å². The number of halogens is 2. The molecule has 4 heterocycles. The van der Waals surface area contributed by atoms with Crippen LogP contribution in [0.1, 0.15) is 65.9 Å². The number of pyridine rings is 1. The number of amides is 3. The maximum Gasteiger partial charge on any atom is 0.296 e. The molecule has 1 aromatic heterocycles. The Morgan fingerprint density at radius 2 is 1.93 bits per heavy atom. The van der Waals surface area contributed by atoms with Crippen molar-refractivity contribution in [2.24, 2.45) is 0 Å². The zero-order chi connectivity index (χ0) is 28.6. The van der Waals surface area contributed by atoms with Crippen LogP contribution in [0.25, 0.3) is 0 Å². The molecule has 0 radical (unpaired) electrons. The van der Waals surface area contributed by atoms with Crippen molar-refractivity contribution in [1.29, 1.82) is 0 Å². The van der Waals surface area contributed by atoms with Gasteiger partial charge in [-0.25, -0.2) is 4.39 Å². The van der Waals surface area contributed by atoms with Crippen molar-refractivity contribution < 1.29 is 28.6 Å². The number of ether oxygens (including phenoxy) is 1. The molecule has 1 spiro atoms. The van der Waals surface area contributed by atoms with Gasteiger partial charge in [-0.05, 0) is 57.3 Å². The van der Waals surface area contributed by atoms with Crippen LogP contribution in [0.15, 0.2) is 39.5 Å². The molecule has 40 heavy (non-hydrogen) atoms. The lowest BCUT2D eigenvalue weighted by molar-refractivity contribution is -0.139. The highest BCUT2D eigenvalue weighted by Crippen LogP contribution is 2.49. The van der Waals surface area contributed by atoms with E-state index in [2.05, 4.69) is 0 Å². The molecule has 1 aromatic rings. The minimum atomic E-state index is -1.06. The van der Waals surface area contributed by atoms with Gasteiger partial charge in [0, 0.05) is 30.1 Å². The Morgan fingerprint density at radius 1 is 1.18 bits per heavy atom. The molecule has 2 fully saturated rings. The molecule has 0 unspecified atom stereocenters. The van der Waals surface area contributed by atoms with E-state index in [-0.39, 0.29) is 61.4 Å². The number of allylic oxidation sites excluding steroid dienone is 4. The molecule has 2 aliphatic carbocycles. The van der Waals surface area contributed by atoms with E-state index in [1.807, 2.05) is 13.8 Å². The lowest BCUT2D eigenvalue weighted by Gasteiger charge is -2.46. The molecule has 1 saturated carbocycles. The number of fused-ring (bicyclic) bond motifs is 4. The Labute approximate surface area is 234 Å². The van der Waals surface area contributed by atoms with Crippen molar-refractivity contribution >= 4 is 29.3 Å². The van der Waals surface area contributed by atoms with Crippen molar-refractivity contribution in [3.05, 3.63) is 61.8 Å². The van der Waals surface area contributed by atoms with Gasteiger partial charge < -0.3 is 24.5 Å². The van der Waals surface area contributed by atoms with Crippen molar-refractivity contribution in [2.75, 3.05) is 33.0 Å². The molecule has 6 rings (SSSR count). The van der Waals surface area contributed by atoms with Crippen LogP contribution < -0.4 is 5.56 Å². The largest absolute Gasteiger partial charge is 0.502 e. The van der Waals surface area contributed by atoms with E-state index in [0.717, 1.165) is 6.42 Å². The van der Waals surface area contributed by atoms with Gasteiger partial charge in [0.25, 0.3) is 17.4 Å². The van der Waals surface area contributed by atoms with Crippen LogP contribution >= 0.6 is 11.6 Å². The molecule has 0 bridgehead atoms. The van der Waals surface area contributed by atoms with Crippen molar-refractivity contribution in [1.82, 2.24) is 19.3 Å². The third-order valence-electron chi connectivity index (χ3n) is 8.64. The summed E-state index contributed by atoms with van der Waals surface area (Å²) in [4.78, 5) is 58.9. The second kappa shape index (κ2) is 9.31. The fourth-order valence-corrected chi connectivity index (χ4v) is 6.68. The third kappa shape index (κ3) is 3.93. The van der Waals surface area contributed by atoms with Gasteiger partial charge in [0.2, 0.25) is 5.91 Å². The number of rotatable bonds is 4. The highest BCUT2D eigenvalue weighted by Gasteiger charge is 2.57. The summed E-state index contributed by atoms with van der Waals surface area (Å²) in [5.74, 6) is -2.50. The summed E-state index contributed by atoms with van der Waals surface area (Å²) in [6, 6.07) is 0. The van der Waals surface area contributed by atoms with Crippen LogP contribution in [0, 0.1) is 0 Å². The van der Waals surface area contributed by atoms with Gasteiger partial charge in [0.05, 0.1) is 17.7 Å². The predicted molar refractivity (Wildman–Crippen MR) is 142 cm³/mol. The normalized spacial score (nSPS) is 22.9. The van der Waals surface area contributed by atoms with E-state index >= 15 is 0 Å². The summed E-state index contributed by atoms with van der Waals surface area (Å²) < 4.78 is 20.6. The molecule has 5 aliphatic rings. The molecule has 0 aromatic carbocycles.